The molecular weight excluding hydrogens is 326 g/mol. The Morgan fingerprint density at radius 1 is 1.33 bits per heavy atom. The first kappa shape index (κ1) is 18.1. The topological polar surface area (TPSA) is 75.5 Å². The molecule has 2 aromatic rings. The number of nitrogens with one attached hydrogen (secondary N) is 1. The minimum atomic E-state index is -0.411. The fourth-order valence-electron chi connectivity index (χ4n) is 2.41. The highest BCUT2D eigenvalue weighted by atomic mass is 32.1. The molecule has 1 heterocycles. The van der Waals surface area contributed by atoms with E-state index in [9.17, 15) is 14.9 Å². The van der Waals surface area contributed by atoms with E-state index in [2.05, 4.69) is 5.32 Å². The highest BCUT2D eigenvalue weighted by Gasteiger charge is 2.18. The van der Waals surface area contributed by atoms with Gasteiger partial charge in [0, 0.05) is 23.1 Å². The predicted octanol–water partition coefficient (Wildman–Crippen LogP) is 3.53. The zero-order valence-electron chi connectivity index (χ0n) is 13.9. The Hall–Kier alpha value is -2.25. The van der Waals surface area contributed by atoms with Gasteiger partial charge in [0.2, 0.25) is 5.91 Å². The molecule has 2 rings (SSSR count). The summed E-state index contributed by atoms with van der Waals surface area (Å²) in [5.74, 6) is -0.0734. The lowest BCUT2D eigenvalue weighted by atomic mass is 10.1. The van der Waals surface area contributed by atoms with E-state index >= 15 is 0 Å². The van der Waals surface area contributed by atoms with E-state index in [-0.39, 0.29) is 30.2 Å². The third-order valence-corrected chi connectivity index (χ3v) is 5.02. The molecule has 0 spiro atoms. The normalized spacial score (nSPS) is 13.5. The van der Waals surface area contributed by atoms with Crippen LogP contribution in [0.2, 0.25) is 0 Å². The Kier molecular flexibility index (Phi) is 6.05. The second-order valence-corrected chi connectivity index (χ2v) is 6.73. The van der Waals surface area contributed by atoms with Crippen LogP contribution >= 0.6 is 11.3 Å². The molecule has 1 aromatic carbocycles. The second-order valence-electron chi connectivity index (χ2n) is 5.75. The number of benzene rings is 1. The number of nitro groups is 1. The molecule has 1 N–H and O–H groups in total. The van der Waals surface area contributed by atoms with Crippen LogP contribution < -0.4 is 5.32 Å². The summed E-state index contributed by atoms with van der Waals surface area (Å²) in [6.07, 6.45) is 0. The maximum Gasteiger partial charge on any atom is 0.269 e. The van der Waals surface area contributed by atoms with Crippen LogP contribution in [0.1, 0.15) is 36.4 Å². The molecule has 0 unspecified atom stereocenters. The summed E-state index contributed by atoms with van der Waals surface area (Å²) in [4.78, 5) is 25.7. The molecule has 0 saturated carbocycles. The van der Waals surface area contributed by atoms with Crippen molar-refractivity contribution in [2.45, 2.75) is 25.9 Å². The van der Waals surface area contributed by atoms with Crippen molar-refractivity contribution >= 4 is 22.9 Å². The first-order valence-electron chi connectivity index (χ1n) is 7.66. The predicted molar refractivity (Wildman–Crippen MR) is 95.0 cm³/mol. The zero-order valence-corrected chi connectivity index (χ0v) is 14.7. The van der Waals surface area contributed by atoms with Crippen LogP contribution in [-0.2, 0) is 4.79 Å². The summed E-state index contributed by atoms with van der Waals surface area (Å²) in [7, 11) is 1.83. The van der Waals surface area contributed by atoms with E-state index < -0.39 is 4.92 Å². The summed E-state index contributed by atoms with van der Waals surface area (Å²) in [5.41, 5.74) is 0.870. The molecule has 0 fully saturated rings. The minimum Gasteiger partial charge on any atom is -0.348 e. The SMILES string of the molecule is C[C@H](NC(=O)CN(C)[C@@H](C)c1cccc([N+](=O)[O-])c1)c1cccs1. The Balaban J connectivity index is 1.95. The Morgan fingerprint density at radius 2 is 2.08 bits per heavy atom. The molecule has 6 nitrogen and oxygen atoms in total. The largest absolute Gasteiger partial charge is 0.348 e. The monoisotopic (exact) mass is 347 g/mol. The molecule has 24 heavy (non-hydrogen) atoms. The molecule has 2 atom stereocenters. The second kappa shape index (κ2) is 8.03. The van der Waals surface area contributed by atoms with Crippen LogP contribution in [-0.4, -0.2) is 29.3 Å². The van der Waals surface area contributed by atoms with Crippen LogP contribution in [0.5, 0.6) is 0 Å². The van der Waals surface area contributed by atoms with E-state index in [1.807, 2.05) is 49.4 Å². The molecule has 0 aliphatic carbocycles. The van der Waals surface area contributed by atoms with E-state index in [0.29, 0.717) is 0 Å². The van der Waals surface area contributed by atoms with Gasteiger partial charge in [-0.2, -0.15) is 0 Å². The van der Waals surface area contributed by atoms with Crippen molar-refractivity contribution in [2.24, 2.45) is 0 Å². The number of thiophene rings is 1. The number of carbonyl (C=O) groups excluding carboxylic acids is 1. The highest BCUT2D eigenvalue weighted by molar-refractivity contribution is 7.10. The fraction of sp³-hybridized carbons (Fsp3) is 0.353. The minimum absolute atomic E-state index is 0.0287. The molecule has 128 valence electrons. The van der Waals surface area contributed by atoms with Crippen LogP contribution in [0.15, 0.2) is 41.8 Å². The fourth-order valence-corrected chi connectivity index (χ4v) is 3.15. The van der Waals surface area contributed by atoms with Gasteiger partial charge in [0.15, 0.2) is 0 Å². The van der Waals surface area contributed by atoms with Gasteiger partial charge < -0.3 is 5.32 Å². The lowest BCUT2D eigenvalue weighted by Gasteiger charge is -2.25. The molecule has 0 bridgehead atoms. The van der Waals surface area contributed by atoms with Gasteiger partial charge in [-0.25, -0.2) is 0 Å². The lowest BCUT2D eigenvalue weighted by molar-refractivity contribution is -0.384. The average Bonchev–Trinajstić information content (AvgIpc) is 3.08. The number of nitro benzene ring substituents is 1. The van der Waals surface area contributed by atoms with Gasteiger partial charge in [-0.3, -0.25) is 19.8 Å². The lowest BCUT2D eigenvalue weighted by Crippen LogP contribution is -2.37. The Labute approximate surface area is 145 Å². The highest BCUT2D eigenvalue weighted by Crippen LogP contribution is 2.23. The molecule has 0 radical (unpaired) electrons. The van der Waals surface area contributed by atoms with E-state index in [4.69, 9.17) is 0 Å². The van der Waals surface area contributed by atoms with Gasteiger partial charge in [-0.15, -0.1) is 11.3 Å². The number of hydrogen-bond acceptors (Lipinski definition) is 5. The van der Waals surface area contributed by atoms with E-state index in [0.717, 1.165) is 10.4 Å². The van der Waals surface area contributed by atoms with Crippen molar-refractivity contribution in [3.63, 3.8) is 0 Å². The van der Waals surface area contributed by atoms with Crippen molar-refractivity contribution in [3.05, 3.63) is 62.3 Å². The average molecular weight is 347 g/mol. The molecule has 7 heteroatoms. The quantitative estimate of drug-likeness (QED) is 0.614. The molecule has 0 aliphatic rings. The van der Waals surface area contributed by atoms with Crippen LogP contribution in [0.25, 0.3) is 0 Å². The summed E-state index contributed by atoms with van der Waals surface area (Å²) >= 11 is 1.61. The number of non-ortho nitro benzene ring substituents is 1. The summed E-state index contributed by atoms with van der Waals surface area (Å²) in [5, 5.41) is 15.8. The van der Waals surface area contributed by atoms with Crippen LogP contribution in [0.3, 0.4) is 0 Å². The third kappa shape index (κ3) is 4.62. The van der Waals surface area contributed by atoms with Crippen LogP contribution in [0, 0.1) is 10.1 Å². The van der Waals surface area contributed by atoms with Crippen molar-refractivity contribution < 1.29 is 9.72 Å². The van der Waals surface area contributed by atoms with Crippen molar-refractivity contribution in [3.8, 4) is 0 Å². The first-order chi connectivity index (χ1) is 11.4. The standard InChI is InChI=1S/C17H21N3O3S/c1-12(16-8-5-9-24-16)18-17(21)11-19(3)13(2)14-6-4-7-15(10-14)20(22)23/h4-10,12-13H,11H2,1-3H3,(H,18,21)/t12-,13-/m0/s1. The first-order valence-corrected chi connectivity index (χ1v) is 8.53. The van der Waals surface area contributed by atoms with Crippen molar-refractivity contribution in [1.29, 1.82) is 0 Å². The molecule has 1 amide bonds. The summed E-state index contributed by atoms with van der Waals surface area (Å²) in [6.45, 7) is 4.10. The Morgan fingerprint density at radius 3 is 2.71 bits per heavy atom. The Bertz CT molecular complexity index is 703. The zero-order chi connectivity index (χ0) is 17.7. The smallest absolute Gasteiger partial charge is 0.269 e. The molecular formula is C17H21N3O3S. The number of hydrogen-bond donors (Lipinski definition) is 1. The van der Waals surface area contributed by atoms with Gasteiger partial charge in [0.1, 0.15) is 0 Å². The van der Waals surface area contributed by atoms with Gasteiger partial charge in [-0.05, 0) is 37.9 Å². The van der Waals surface area contributed by atoms with E-state index in [1.165, 1.54) is 6.07 Å². The summed E-state index contributed by atoms with van der Waals surface area (Å²) < 4.78 is 0. The number of amides is 1. The number of rotatable bonds is 7. The summed E-state index contributed by atoms with van der Waals surface area (Å²) in [6, 6.07) is 10.3. The maximum atomic E-state index is 12.2. The molecule has 0 saturated heterocycles. The van der Waals surface area contributed by atoms with Gasteiger partial charge in [-0.1, -0.05) is 18.2 Å². The van der Waals surface area contributed by atoms with Crippen LogP contribution in [0.4, 0.5) is 5.69 Å². The van der Waals surface area contributed by atoms with Gasteiger partial charge >= 0.3 is 0 Å². The third-order valence-electron chi connectivity index (χ3n) is 3.97. The number of likely N-dealkylation sites (N-methyl/N-ethyl adjacent to an activating group) is 1. The van der Waals surface area contributed by atoms with Crippen molar-refractivity contribution in [1.82, 2.24) is 10.2 Å². The van der Waals surface area contributed by atoms with Gasteiger partial charge in [0.05, 0.1) is 17.5 Å². The van der Waals surface area contributed by atoms with E-state index in [1.54, 1.807) is 23.5 Å². The number of carbonyl (C=O) groups is 1. The van der Waals surface area contributed by atoms with Gasteiger partial charge in [0.25, 0.3) is 5.69 Å². The molecule has 1 aromatic heterocycles. The molecule has 0 aliphatic heterocycles. The maximum absolute atomic E-state index is 12.2. The van der Waals surface area contributed by atoms with Crippen molar-refractivity contribution in [2.75, 3.05) is 13.6 Å². The number of nitrogens with zero attached hydrogens (tertiary/aromatic N) is 2.